The molecule has 0 bridgehead atoms. The zero-order valence-corrected chi connectivity index (χ0v) is 11.7. The average molecular weight is 291 g/mol. The smallest absolute Gasteiger partial charge is 0.110 e. The molecular weight excluding hydrogens is 279 g/mol. The van der Waals surface area contributed by atoms with E-state index in [4.69, 9.17) is 23.2 Å². The van der Waals surface area contributed by atoms with Crippen molar-refractivity contribution in [2.75, 3.05) is 11.6 Å². The molecule has 0 saturated heterocycles. The summed E-state index contributed by atoms with van der Waals surface area (Å²) < 4.78 is 0. The lowest BCUT2D eigenvalue weighted by Crippen LogP contribution is -2.26. The summed E-state index contributed by atoms with van der Waals surface area (Å²) in [6.45, 7) is 1.41. The minimum atomic E-state index is 0.639. The summed E-state index contributed by atoms with van der Waals surface area (Å²) in [5.74, 6) is 0. The highest BCUT2D eigenvalue weighted by molar-refractivity contribution is 6.31. The molecule has 1 heterocycles. The van der Waals surface area contributed by atoms with Crippen molar-refractivity contribution in [2.45, 2.75) is 6.54 Å². The third-order valence-corrected chi connectivity index (χ3v) is 3.55. The lowest BCUT2D eigenvalue weighted by atomic mass is 10.1. The van der Waals surface area contributed by atoms with Gasteiger partial charge in [0.15, 0.2) is 0 Å². The van der Waals surface area contributed by atoms with Crippen LogP contribution in [0.5, 0.6) is 0 Å². The maximum Gasteiger partial charge on any atom is 0.110 e. The maximum atomic E-state index is 6.08. The Labute approximate surface area is 122 Å². The van der Waals surface area contributed by atoms with Crippen molar-refractivity contribution in [2.24, 2.45) is 4.99 Å². The topological polar surface area (TPSA) is 15.6 Å². The van der Waals surface area contributed by atoms with Gasteiger partial charge >= 0.3 is 0 Å². The van der Waals surface area contributed by atoms with Crippen LogP contribution in [0.15, 0.2) is 47.5 Å². The molecule has 1 aliphatic heterocycles. The molecule has 0 aliphatic carbocycles. The lowest BCUT2D eigenvalue weighted by molar-refractivity contribution is 0.806. The number of nitrogens with zero attached hydrogens (tertiary/aromatic N) is 2. The monoisotopic (exact) mass is 290 g/mol. The molecule has 2 aromatic carbocycles. The molecule has 96 valence electrons. The molecule has 0 aromatic heterocycles. The molecule has 19 heavy (non-hydrogen) atoms. The summed E-state index contributed by atoms with van der Waals surface area (Å²) in [5.41, 5.74) is 3.37. The number of hydrogen-bond acceptors (Lipinski definition) is 2. The minimum Gasteiger partial charge on any atom is -0.347 e. The summed E-state index contributed by atoms with van der Waals surface area (Å²) >= 11 is 12.1. The Hall–Kier alpha value is -1.51. The molecule has 0 fully saturated rings. The number of aliphatic imine (C=N–C) groups is 1. The van der Waals surface area contributed by atoms with Gasteiger partial charge in [0.25, 0.3) is 0 Å². The van der Waals surface area contributed by atoms with E-state index < -0.39 is 0 Å². The van der Waals surface area contributed by atoms with E-state index in [1.54, 1.807) is 0 Å². The molecule has 0 saturated carbocycles. The van der Waals surface area contributed by atoms with E-state index in [0.717, 1.165) is 33.4 Å². The highest BCUT2D eigenvalue weighted by Gasteiger charge is 2.14. The summed E-state index contributed by atoms with van der Waals surface area (Å²) in [6, 6.07) is 13.7. The highest BCUT2D eigenvalue weighted by Crippen LogP contribution is 2.27. The summed E-state index contributed by atoms with van der Waals surface area (Å²) in [5, 5.41) is 1.49. The Morgan fingerprint density at radius 2 is 1.89 bits per heavy atom. The van der Waals surface area contributed by atoms with Crippen LogP contribution in [0, 0.1) is 0 Å². The van der Waals surface area contributed by atoms with E-state index in [1.807, 2.05) is 42.6 Å². The first-order valence-corrected chi connectivity index (χ1v) is 6.77. The standard InChI is InChI=1S/C15H12Cl2N2/c16-13-3-1-2-11(6-13)9-19-10-18-8-12-4-5-14(17)7-15(12)19/h1-8H,9-10H2. The molecule has 4 heteroatoms. The van der Waals surface area contributed by atoms with Crippen LogP contribution in [0.2, 0.25) is 10.0 Å². The van der Waals surface area contributed by atoms with E-state index in [9.17, 15) is 0 Å². The number of rotatable bonds is 2. The van der Waals surface area contributed by atoms with Crippen LogP contribution >= 0.6 is 23.2 Å². The second-order valence-corrected chi connectivity index (χ2v) is 5.36. The van der Waals surface area contributed by atoms with Gasteiger partial charge in [-0.3, -0.25) is 4.99 Å². The van der Waals surface area contributed by atoms with E-state index in [-0.39, 0.29) is 0 Å². The van der Waals surface area contributed by atoms with Crippen molar-refractivity contribution in [3.05, 3.63) is 63.6 Å². The van der Waals surface area contributed by atoms with Gasteiger partial charge in [-0.2, -0.15) is 0 Å². The van der Waals surface area contributed by atoms with Crippen LogP contribution < -0.4 is 4.90 Å². The zero-order valence-electron chi connectivity index (χ0n) is 10.2. The maximum absolute atomic E-state index is 6.08. The Morgan fingerprint density at radius 3 is 2.74 bits per heavy atom. The number of anilines is 1. The van der Waals surface area contributed by atoms with Crippen LogP contribution in [0.4, 0.5) is 5.69 Å². The quantitative estimate of drug-likeness (QED) is 0.801. The van der Waals surface area contributed by atoms with Crippen LogP contribution in [-0.4, -0.2) is 12.9 Å². The second-order valence-electron chi connectivity index (χ2n) is 4.48. The molecule has 0 amide bonds. The first-order chi connectivity index (χ1) is 9.22. The average Bonchev–Trinajstić information content (AvgIpc) is 2.39. The van der Waals surface area contributed by atoms with Gasteiger partial charge in [0.05, 0.1) is 0 Å². The van der Waals surface area contributed by atoms with E-state index in [1.165, 1.54) is 0 Å². The van der Waals surface area contributed by atoms with Crippen molar-refractivity contribution >= 4 is 35.1 Å². The van der Waals surface area contributed by atoms with Crippen molar-refractivity contribution in [1.82, 2.24) is 0 Å². The van der Waals surface area contributed by atoms with Crippen molar-refractivity contribution < 1.29 is 0 Å². The van der Waals surface area contributed by atoms with Gasteiger partial charge in [0.2, 0.25) is 0 Å². The Balaban J connectivity index is 1.91. The van der Waals surface area contributed by atoms with Crippen molar-refractivity contribution in [3.8, 4) is 0 Å². The van der Waals surface area contributed by atoms with Crippen molar-refractivity contribution in [1.29, 1.82) is 0 Å². The third-order valence-electron chi connectivity index (χ3n) is 3.08. The first kappa shape index (κ1) is 12.5. The lowest BCUT2D eigenvalue weighted by Gasteiger charge is -2.27. The van der Waals surface area contributed by atoms with Crippen molar-refractivity contribution in [3.63, 3.8) is 0 Å². The molecular formula is C15H12Cl2N2. The Morgan fingerprint density at radius 1 is 1.05 bits per heavy atom. The molecule has 1 aliphatic rings. The first-order valence-electron chi connectivity index (χ1n) is 6.01. The largest absolute Gasteiger partial charge is 0.347 e. The number of halogens is 2. The fourth-order valence-corrected chi connectivity index (χ4v) is 2.58. The van der Waals surface area contributed by atoms with Gasteiger partial charge in [0.1, 0.15) is 6.67 Å². The Bertz CT molecular complexity index is 638. The zero-order chi connectivity index (χ0) is 13.2. The molecule has 2 nitrogen and oxygen atoms in total. The van der Waals surface area contributed by atoms with E-state index in [2.05, 4.69) is 16.0 Å². The third kappa shape index (κ3) is 2.75. The molecule has 0 radical (unpaired) electrons. The van der Waals surface area contributed by atoms with Crippen LogP contribution in [0.1, 0.15) is 11.1 Å². The van der Waals surface area contributed by atoms with Crippen LogP contribution in [0.25, 0.3) is 0 Å². The van der Waals surface area contributed by atoms with Gasteiger partial charge in [-0.15, -0.1) is 0 Å². The number of fused-ring (bicyclic) bond motifs is 1. The number of benzene rings is 2. The molecule has 0 unspecified atom stereocenters. The summed E-state index contributed by atoms with van der Waals surface area (Å²) in [7, 11) is 0. The molecule has 0 spiro atoms. The molecule has 2 aromatic rings. The normalized spacial score (nSPS) is 13.5. The van der Waals surface area contributed by atoms with Gasteiger partial charge in [-0.1, -0.05) is 35.3 Å². The minimum absolute atomic E-state index is 0.639. The molecule has 0 N–H and O–H groups in total. The van der Waals surface area contributed by atoms with Gasteiger partial charge in [0, 0.05) is 34.1 Å². The predicted molar refractivity (Wildman–Crippen MR) is 81.5 cm³/mol. The van der Waals surface area contributed by atoms with E-state index in [0.29, 0.717) is 6.67 Å². The van der Waals surface area contributed by atoms with Gasteiger partial charge < -0.3 is 4.90 Å². The SMILES string of the molecule is Clc1cccc(CN2CN=Cc3ccc(Cl)cc32)c1. The highest BCUT2D eigenvalue weighted by atomic mass is 35.5. The van der Waals surface area contributed by atoms with Gasteiger partial charge in [-0.25, -0.2) is 0 Å². The molecule has 0 atom stereocenters. The summed E-state index contributed by atoms with van der Waals surface area (Å²) in [6.07, 6.45) is 1.89. The Kier molecular flexibility index (Phi) is 3.45. The van der Waals surface area contributed by atoms with Crippen LogP contribution in [0.3, 0.4) is 0 Å². The number of hydrogen-bond donors (Lipinski definition) is 0. The second kappa shape index (κ2) is 5.24. The predicted octanol–water partition coefficient (Wildman–Crippen LogP) is 4.39. The van der Waals surface area contributed by atoms with E-state index >= 15 is 0 Å². The fourth-order valence-electron chi connectivity index (χ4n) is 2.20. The fraction of sp³-hybridized carbons (Fsp3) is 0.133. The summed E-state index contributed by atoms with van der Waals surface area (Å²) in [4.78, 5) is 6.56. The van der Waals surface area contributed by atoms with Gasteiger partial charge in [-0.05, 0) is 35.9 Å². The van der Waals surface area contributed by atoms with Crippen LogP contribution in [-0.2, 0) is 6.54 Å². The molecule has 3 rings (SSSR count).